The summed E-state index contributed by atoms with van der Waals surface area (Å²) in [4.78, 5) is 12.6. The van der Waals surface area contributed by atoms with E-state index in [2.05, 4.69) is 5.32 Å². The summed E-state index contributed by atoms with van der Waals surface area (Å²) in [5, 5.41) is 2.67. The summed E-state index contributed by atoms with van der Waals surface area (Å²) in [6.45, 7) is 1.60. The van der Waals surface area contributed by atoms with Gasteiger partial charge in [-0.3, -0.25) is 4.79 Å². The van der Waals surface area contributed by atoms with E-state index in [1.165, 1.54) is 52.8 Å². The van der Waals surface area contributed by atoms with Gasteiger partial charge in [0, 0.05) is 24.8 Å². The lowest BCUT2D eigenvalue weighted by Crippen LogP contribution is -2.41. The minimum Gasteiger partial charge on any atom is -0.325 e. The Morgan fingerprint density at radius 2 is 1.55 bits per heavy atom. The molecule has 0 spiro atoms. The van der Waals surface area contributed by atoms with Gasteiger partial charge in [0.2, 0.25) is 26.0 Å². The Bertz CT molecular complexity index is 1460. The molecule has 3 aromatic carbocycles. The molecule has 1 atom stereocenters. The second-order valence-corrected chi connectivity index (χ2v) is 13.1. The fraction of sp³-hybridized carbons (Fsp3) is 0.296. The number of amides is 1. The first-order valence-corrected chi connectivity index (χ1v) is 15.2. The minimum atomic E-state index is -4.22. The van der Waals surface area contributed by atoms with Crippen molar-refractivity contribution in [3.8, 4) is 0 Å². The molecule has 1 saturated heterocycles. The second-order valence-electron chi connectivity index (χ2n) is 9.25. The highest BCUT2D eigenvalue weighted by molar-refractivity contribution is 7.89. The van der Waals surface area contributed by atoms with Crippen LogP contribution in [0.15, 0.2) is 88.7 Å². The monoisotopic (exact) mass is 559 g/mol. The van der Waals surface area contributed by atoms with Crippen LogP contribution in [0.3, 0.4) is 0 Å². The van der Waals surface area contributed by atoms with Crippen molar-refractivity contribution >= 4 is 31.6 Å². The molecule has 38 heavy (non-hydrogen) atoms. The summed E-state index contributed by atoms with van der Waals surface area (Å²) < 4.78 is 69.4. The summed E-state index contributed by atoms with van der Waals surface area (Å²) >= 11 is 0. The lowest BCUT2D eigenvalue weighted by Gasteiger charge is -2.32. The number of hydrogen-bond acceptors (Lipinski definition) is 5. The van der Waals surface area contributed by atoms with Crippen molar-refractivity contribution in [2.75, 3.05) is 18.4 Å². The molecule has 1 aliphatic rings. The first-order chi connectivity index (χ1) is 18.1. The van der Waals surface area contributed by atoms with Crippen molar-refractivity contribution in [1.29, 1.82) is 0 Å². The van der Waals surface area contributed by atoms with Gasteiger partial charge in [0.1, 0.15) is 5.82 Å². The molecular weight excluding hydrogens is 529 g/mol. The normalized spacial score (nSPS) is 16.9. The molecule has 202 valence electrons. The van der Waals surface area contributed by atoms with Crippen molar-refractivity contribution < 1.29 is 26.0 Å². The molecule has 1 amide bonds. The third kappa shape index (κ3) is 6.47. The van der Waals surface area contributed by atoms with Crippen LogP contribution < -0.4 is 5.32 Å². The fourth-order valence-electron chi connectivity index (χ4n) is 4.40. The molecule has 0 saturated carbocycles. The molecule has 1 heterocycles. The van der Waals surface area contributed by atoms with E-state index in [4.69, 9.17) is 0 Å². The van der Waals surface area contributed by atoms with Crippen LogP contribution in [0.2, 0.25) is 0 Å². The van der Waals surface area contributed by atoms with Gasteiger partial charge in [-0.25, -0.2) is 21.2 Å². The van der Waals surface area contributed by atoms with Crippen molar-refractivity contribution in [2.24, 2.45) is 0 Å². The Morgan fingerprint density at radius 1 is 0.921 bits per heavy atom. The number of rotatable bonds is 9. The number of anilines is 1. The van der Waals surface area contributed by atoms with Crippen molar-refractivity contribution in [3.05, 3.63) is 90.2 Å². The Hall–Kier alpha value is -3.12. The lowest BCUT2D eigenvalue weighted by molar-refractivity contribution is -0.116. The number of para-hydroxylation sites is 1. The van der Waals surface area contributed by atoms with Gasteiger partial charge >= 0.3 is 0 Å². The molecule has 1 aliphatic heterocycles. The molecule has 0 bridgehead atoms. The zero-order chi connectivity index (χ0) is 27.3. The molecule has 4 rings (SSSR count). The molecule has 11 heteroatoms. The van der Waals surface area contributed by atoms with Crippen molar-refractivity contribution in [1.82, 2.24) is 8.61 Å². The van der Waals surface area contributed by atoms with Crippen molar-refractivity contribution in [2.45, 2.75) is 48.6 Å². The van der Waals surface area contributed by atoms with Gasteiger partial charge in [0.25, 0.3) is 0 Å². The number of piperidine rings is 1. The number of nitrogens with one attached hydrogen (secondary N) is 1. The number of hydrogen-bond donors (Lipinski definition) is 1. The maximum Gasteiger partial charge on any atom is 0.243 e. The number of sulfonamides is 2. The largest absolute Gasteiger partial charge is 0.325 e. The van der Waals surface area contributed by atoms with Crippen LogP contribution in [0.5, 0.6) is 0 Å². The Kier molecular flexibility index (Phi) is 8.61. The molecule has 0 unspecified atom stereocenters. The Morgan fingerprint density at radius 3 is 2.18 bits per heavy atom. The molecule has 0 radical (unpaired) electrons. The van der Waals surface area contributed by atoms with E-state index in [9.17, 15) is 26.0 Å². The van der Waals surface area contributed by atoms with Crippen LogP contribution in [0.1, 0.15) is 31.7 Å². The zero-order valence-electron chi connectivity index (χ0n) is 21.0. The molecule has 1 N–H and O–H groups in total. The van der Waals surface area contributed by atoms with Crippen LogP contribution in [-0.4, -0.2) is 50.5 Å². The Balaban J connectivity index is 1.60. The molecule has 0 aliphatic carbocycles. The zero-order valence-corrected chi connectivity index (χ0v) is 22.6. The first-order valence-electron chi connectivity index (χ1n) is 12.3. The summed E-state index contributed by atoms with van der Waals surface area (Å²) in [6.07, 6.45) is 2.51. The van der Waals surface area contributed by atoms with E-state index in [0.29, 0.717) is 17.8 Å². The lowest BCUT2D eigenvalue weighted by atomic mass is 10.1. The van der Waals surface area contributed by atoms with Crippen LogP contribution in [0.4, 0.5) is 10.1 Å². The van der Waals surface area contributed by atoms with Gasteiger partial charge in [-0.15, -0.1) is 0 Å². The summed E-state index contributed by atoms with van der Waals surface area (Å²) in [7, 11) is -8.00. The number of nitrogens with zero attached hydrogens (tertiary/aromatic N) is 2. The fourth-order valence-corrected chi connectivity index (χ4v) is 7.48. The quantitative estimate of drug-likeness (QED) is 0.423. The maximum absolute atomic E-state index is 13.6. The van der Waals surface area contributed by atoms with E-state index in [1.807, 2.05) is 6.92 Å². The number of benzene rings is 3. The molecule has 3 aromatic rings. The van der Waals surface area contributed by atoms with Gasteiger partial charge < -0.3 is 5.32 Å². The predicted molar refractivity (Wildman–Crippen MR) is 143 cm³/mol. The highest BCUT2D eigenvalue weighted by Crippen LogP contribution is 2.27. The smallest absolute Gasteiger partial charge is 0.243 e. The molecular formula is C27H30FN3O5S2. The topological polar surface area (TPSA) is 104 Å². The van der Waals surface area contributed by atoms with E-state index >= 15 is 0 Å². The van der Waals surface area contributed by atoms with Crippen LogP contribution in [0, 0.1) is 5.82 Å². The maximum atomic E-state index is 13.6. The van der Waals surface area contributed by atoms with Gasteiger partial charge in [0.05, 0.1) is 16.3 Å². The predicted octanol–water partition coefficient (Wildman–Crippen LogP) is 4.22. The standard InChI is InChI=1S/C27H30FN3O5S2/c1-21-7-5-6-18-31(21)38(35,36)26-16-14-25(15-17-26)37(33,34)30(19-22-10-12-23(28)13-11-22)20-27(32)29-24-8-3-2-4-9-24/h2-4,8-17,21H,5-7,18-20H2,1H3,(H,29,32)/t21-/m1/s1. The average Bonchev–Trinajstić information content (AvgIpc) is 2.90. The van der Waals surface area contributed by atoms with Gasteiger partial charge in [-0.05, 0) is 73.9 Å². The van der Waals surface area contributed by atoms with E-state index in [-0.39, 0.29) is 22.4 Å². The third-order valence-electron chi connectivity index (χ3n) is 6.46. The highest BCUT2D eigenvalue weighted by Gasteiger charge is 2.32. The highest BCUT2D eigenvalue weighted by atomic mass is 32.2. The molecule has 8 nitrogen and oxygen atoms in total. The van der Waals surface area contributed by atoms with Crippen LogP contribution in [0.25, 0.3) is 0 Å². The SMILES string of the molecule is C[C@@H]1CCCCN1S(=O)(=O)c1ccc(S(=O)(=O)N(CC(=O)Nc2ccccc2)Cc2ccc(F)cc2)cc1. The molecule has 0 aromatic heterocycles. The number of halogens is 1. The van der Waals surface area contributed by atoms with Crippen LogP contribution >= 0.6 is 0 Å². The summed E-state index contributed by atoms with van der Waals surface area (Å²) in [5.74, 6) is -1.02. The van der Waals surface area contributed by atoms with E-state index in [1.54, 1.807) is 30.3 Å². The summed E-state index contributed by atoms with van der Waals surface area (Å²) in [5.41, 5.74) is 0.999. The van der Waals surface area contributed by atoms with Gasteiger partial charge in [0.15, 0.2) is 0 Å². The van der Waals surface area contributed by atoms with E-state index in [0.717, 1.165) is 23.6 Å². The second kappa shape index (κ2) is 11.7. The number of carbonyl (C=O) groups is 1. The third-order valence-corrected chi connectivity index (χ3v) is 10.3. The number of carbonyl (C=O) groups excluding carboxylic acids is 1. The average molecular weight is 560 g/mol. The van der Waals surface area contributed by atoms with E-state index < -0.39 is 38.3 Å². The van der Waals surface area contributed by atoms with Crippen LogP contribution in [-0.2, 0) is 31.4 Å². The molecule has 1 fully saturated rings. The van der Waals surface area contributed by atoms with Gasteiger partial charge in [-0.2, -0.15) is 8.61 Å². The minimum absolute atomic E-state index is 0.0112. The van der Waals surface area contributed by atoms with Crippen molar-refractivity contribution in [3.63, 3.8) is 0 Å². The first kappa shape index (κ1) is 27.9. The van der Waals surface area contributed by atoms with Gasteiger partial charge in [-0.1, -0.05) is 36.8 Å². The Labute approximate surface area is 223 Å². The summed E-state index contributed by atoms with van der Waals surface area (Å²) in [6, 6.07) is 18.9.